The van der Waals surface area contributed by atoms with Crippen LogP contribution >= 0.6 is 0 Å². The fourth-order valence-electron chi connectivity index (χ4n) is 0.897. The molecule has 0 spiro atoms. The predicted molar refractivity (Wildman–Crippen MR) is 105 cm³/mol. The Balaban J connectivity index is -0.0000000412. The van der Waals surface area contributed by atoms with E-state index in [1.54, 1.807) is 0 Å². The Morgan fingerprint density at radius 1 is 0.850 bits per heavy atom. The summed E-state index contributed by atoms with van der Waals surface area (Å²) < 4.78 is 0. The average molecular weight is 289 g/mol. The van der Waals surface area contributed by atoms with Crippen LogP contribution in [0.4, 0.5) is 0 Å². The van der Waals surface area contributed by atoms with E-state index < -0.39 is 0 Å². The summed E-state index contributed by atoms with van der Waals surface area (Å²) in [5.74, 6) is 0.623. The van der Waals surface area contributed by atoms with Crippen LogP contribution in [0.15, 0.2) is 24.8 Å². The van der Waals surface area contributed by atoms with Crippen molar-refractivity contribution in [2.24, 2.45) is 5.92 Å². The summed E-state index contributed by atoms with van der Waals surface area (Å²) in [4.78, 5) is 0. The summed E-state index contributed by atoms with van der Waals surface area (Å²) in [5.41, 5.74) is 1.17. The molecule has 0 fully saturated rings. The highest BCUT2D eigenvalue weighted by atomic mass is 14.1. The highest BCUT2D eigenvalue weighted by Crippen LogP contribution is 2.15. The van der Waals surface area contributed by atoms with Crippen molar-refractivity contribution in [1.82, 2.24) is 0 Å². The summed E-state index contributed by atoms with van der Waals surface area (Å²) in [6.45, 7) is 32.0. The predicted octanol–water partition coefficient (Wildman–Crippen LogP) is 8.69. The van der Waals surface area contributed by atoms with Gasteiger partial charge in [0.25, 0.3) is 0 Å². The van der Waals surface area contributed by atoms with E-state index in [1.807, 2.05) is 75.3 Å². The number of hydrogen-bond donors (Lipinski definition) is 0. The molecular formula is C20H48. The summed E-state index contributed by atoms with van der Waals surface area (Å²) in [6.07, 6.45) is 5.68. The molecule has 0 aromatic heterocycles. The van der Waals surface area contributed by atoms with Crippen molar-refractivity contribution < 1.29 is 0 Å². The molecule has 128 valence electrons. The number of hydrogen-bond acceptors (Lipinski definition) is 0. The van der Waals surface area contributed by atoms with Crippen LogP contribution in [0, 0.1) is 5.92 Å². The Kier molecular flexibility index (Phi) is 115. The first-order chi connectivity index (χ1) is 9.72. The molecular weight excluding hydrogens is 240 g/mol. The summed E-state index contributed by atoms with van der Waals surface area (Å²) in [7, 11) is 0. The summed E-state index contributed by atoms with van der Waals surface area (Å²) >= 11 is 0. The van der Waals surface area contributed by atoms with E-state index in [0.717, 1.165) is 0 Å². The van der Waals surface area contributed by atoms with Crippen molar-refractivity contribution in [2.45, 2.75) is 102 Å². The highest BCUT2D eigenvalue weighted by molar-refractivity contribution is 5.13. The summed E-state index contributed by atoms with van der Waals surface area (Å²) in [5, 5.41) is 0. The minimum atomic E-state index is 0.623. The monoisotopic (exact) mass is 288 g/mol. The highest BCUT2D eigenvalue weighted by Gasteiger charge is 2.00. The maximum absolute atomic E-state index is 3.91. The molecule has 0 aliphatic heterocycles. The van der Waals surface area contributed by atoms with Gasteiger partial charge in [-0.2, -0.15) is 0 Å². The van der Waals surface area contributed by atoms with Crippen LogP contribution in [-0.4, -0.2) is 0 Å². The van der Waals surface area contributed by atoms with E-state index in [1.165, 1.54) is 24.8 Å². The van der Waals surface area contributed by atoms with Crippen molar-refractivity contribution in [3.63, 3.8) is 0 Å². The average Bonchev–Trinajstić information content (AvgIpc) is 2.60. The topological polar surface area (TPSA) is 0 Å². The third-order valence-corrected chi connectivity index (χ3v) is 1.89. The van der Waals surface area contributed by atoms with Gasteiger partial charge in [0.2, 0.25) is 0 Å². The van der Waals surface area contributed by atoms with Gasteiger partial charge in [0.05, 0.1) is 0 Å². The maximum atomic E-state index is 3.91. The van der Waals surface area contributed by atoms with Crippen LogP contribution in [0.25, 0.3) is 0 Å². The molecule has 0 aliphatic rings. The van der Waals surface area contributed by atoms with E-state index in [-0.39, 0.29) is 0 Å². The van der Waals surface area contributed by atoms with Gasteiger partial charge in [0.1, 0.15) is 0 Å². The molecule has 0 aromatic rings. The Morgan fingerprint density at radius 2 is 1.15 bits per heavy atom. The van der Waals surface area contributed by atoms with E-state index in [2.05, 4.69) is 27.0 Å². The molecule has 0 bridgehead atoms. The van der Waals surface area contributed by atoms with Crippen LogP contribution in [0.2, 0.25) is 0 Å². The molecule has 0 nitrogen and oxygen atoms in total. The molecule has 0 N–H and O–H groups in total. The van der Waals surface area contributed by atoms with Gasteiger partial charge in [-0.25, -0.2) is 0 Å². The lowest BCUT2D eigenvalue weighted by Gasteiger charge is -2.09. The van der Waals surface area contributed by atoms with Gasteiger partial charge >= 0.3 is 0 Å². The molecule has 1 atom stereocenters. The normalized spacial score (nSPS) is 7.80. The molecule has 0 saturated carbocycles. The van der Waals surface area contributed by atoms with Crippen molar-refractivity contribution in [3.05, 3.63) is 24.8 Å². The Hall–Kier alpha value is -0.520. The second-order valence-electron chi connectivity index (χ2n) is 2.82. The first-order valence-corrected chi connectivity index (χ1v) is 9.03. The molecule has 0 saturated heterocycles. The molecule has 0 heteroatoms. The second-order valence-corrected chi connectivity index (χ2v) is 2.82. The fourth-order valence-corrected chi connectivity index (χ4v) is 0.897. The third-order valence-electron chi connectivity index (χ3n) is 1.89. The van der Waals surface area contributed by atoms with E-state index in [9.17, 15) is 0 Å². The third kappa shape index (κ3) is 52.8. The molecule has 0 radical (unpaired) electrons. The second kappa shape index (κ2) is 62.8. The van der Waals surface area contributed by atoms with E-state index in [0.29, 0.717) is 5.92 Å². The zero-order chi connectivity index (χ0) is 18.0. The minimum absolute atomic E-state index is 0.623. The minimum Gasteiger partial charge on any atom is -0.0988 e. The van der Waals surface area contributed by atoms with Crippen LogP contribution < -0.4 is 0 Å². The van der Waals surface area contributed by atoms with Crippen LogP contribution in [0.3, 0.4) is 0 Å². The number of allylic oxidation sites excluding steroid dienone is 2. The molecule has 0 heterocycles. The molecule has 0 amide bonds. The Bertz CT molecular complexity index is 111. The summed E-state index contributed by atoms with van der Waals surface area (Å²) in [6, 6.07) is 0. The number of unbranched alkanes of at least 4 members (excludes halogenated alkanes) is 1. The Morgan fingerprint density at radius 3 is 1.35 bits per heavy atom. The quantitative estimate of drug-likeness (QED) is 0.444. The van der Waals surface area contributed by atoms with Gasteiger partial charge in [-0.05, 0) is 12.3 Å². The van der Waals surface area contributed by atoms with Crippen molar-refractivity contribution in [2.75, 3.05) is 0 Å². The van der Waals surface area contributed by atoms with Gasteiger partial charge in [0, 0.05) is 0 Å². The van der Waals surface area contributed by atoms with Gasteiger partial charge in [-0.1, -0.05) is 121 Å². The van der Waals surface area contributed by atoms with Crippen LogP contribution in [0.1, 0.15) is 102 Å². The zero-order valence-corrected chi connectivity index (χ0v) is 17.2. The largest absolute Gasteiger partial charge is 0.0988 e. The lowest BCUT2D eigenvalue weighted by Crippen LogP contribution is -1.94. The number of rotatable bonds is 5. The van der Waals surface area contributed by atoms with Crippen molar-refractivity contribution >= 4 is 0 Å². The molecule has 20 heavy (non-hydrogen) atoms. The fraction of sp³-hybridized carbons (Fsp3) is 0.800. The standard InChI is InChI=1S/C10H18.5C2H6/c1-5-7-8-10(4)9(3)6-2;5*1-2/h6,10H,2-3,5,7-8H2,1,4H3;5*1-2H3. The van der Waals surface area contributed by atoms with Crippen LogP contribution in [-0.2, 0) is 0 Å². The van der Waals surface area contributed by atoms with E-state index >= 15 is 0 Å². The Labute approximate surface area is 133 Å². The SMILES string of the molecule is C=CC(=C)C(C)CCCC.CC.CC.CC.CC.CC. The molecule has 0 aromatic carbocycles. The first-order valence-electron chi connectivity index (χ1n) is 9.03. The van der Waals surface area contributed by atoms with Crippen LogP contribution in [0.5, 0.6) is 0 Å². The lowest BCUT2D eigenvalue weighted by molar-refractivity contribution is 0.582. The molecule has 0 aliphatic carbocycles. The van der Waals surface area contributed by atoms with Gasteiger partial charge < -0.3 is 0 Å². The van der Waals surface area contributed by atoms with Gasteiger partial charge in [-0.3, -0.25) is 0 Å². The van der Waals surface area contributed by atoms with E-state index in [4.69, 9.17) is 0 Å². The first kappa shape index (κ1) is 36.6. The molecule has 1 unspecified atom stereocenters. The van der Waals surface area contributed by atoms with Gasteiger partial charge in [-0.15, -0.1) is 0 Å². The van der Waals surface area contributed by atoms with Gasteiger partial charge in [0.15, 0.2) is 0 Å². The smallest absolute Gasteiger partial charge is 0.0196 e. The molecule has 0 rings (SSSR count). The zero-order valence-electron chi connectivity index (χ0n) is 17.2. The maximum Gasteiger partial charge on any atom is -0.0196 e. The van der Waals surface area contributed by atoms with Crippen molar-refractivity contribution in [1.29, 1.82) is 0 Å². The van der Waals surface area contributed by atoms with Crippen molar-refractivity contribution in [3.8, 4) is 0 Å². The lowest BCUT2D eigenvalue weighted by atomic mass is 9.97.